The summed E-state index contributed by atoms with van der Waals surface area (Å²) in [5.74, 6) is -0.956. The number of carboxylic acid groups (broad SMARTS) is 1. The van der Waals surface area contributed by atoms with Gasteiger partial charge in [-0.3, -0.25) is 9.59 Å². The maximum absolute atomic E-state index is 12.1. The molecule has 0 saturated heterocycles. The predicted octanol–water partition coefficient (Wildman–Crippen LogP) is 1.69. The number of benzene rings is 2. The van der Waals surface area contributed by atoms with Crippen LogP contribution in [0.5, 0.6) is 5.75 Å². The molecule has 0 aliphatic heterocycles. The summed E-state index contributed by atoms with van der Waals surface area (Å²) in [6.07, 6.45) is 0.125. The molecule has 9 heteroatoms. The Hall–Kier alpha value is -3.75. The van der Waals surface area contributed by atoms with Crippen molar-refractivity contribution in [3.63, 3.8) is 0 Å². The van der Waals surface area contributed by atoms with Gasteiger partial charge in [0.25, 0.3) is 11.7 Å². The Kier molecular flexibility index (Phi) is 5.95. The number of amides is 1. The number of rotatable bonds is 8. The Balaban J connectivity index is 1.73. The molecule has 1 heterocycles. The number of hydrogen-bond donors (Lipinski definition) is 3. The molecule has 2 aromatic carbocycles. The molecule has 0 aliphatic rings. The van der Waals surface area contributed by atoms with Crippen molar-refractivity contribution in [1.29, 1.82) is 0 Å². The number of carboxylic acids is 1. The summed E-state index contributed by atoms with van der Waals surface area (Å²) < 4.78 is 5.39. The van der Waals surface area contributed by atoms with E-state index in [0.717, 1.165) is 22.4 Å². The van der Waals surface area contributed by atoms with E-state index in [1.807, 2.05) is 48.5 Å². The van der Waals surface area contributed by atoms with Crippen molar-refractivity contribution in [3.05, 3.63) is 59.9 Å². The third-order valence-corrected chi connectivity index (χ3v) is 4.16. The maximum atomic E-state index is 12.1. The SMILES string of the molecule is COc1ccccc1-c1ccc(CC(CC(=O)O)NC(=O)c2nn[nH]n2)cc1. The molecule has 1 amide bonds. The first-order valence-electron chi connectivity index (χ1n) is 8.55. The van der Waals surface area contributed by atoms with Crippen LogP contribution in [0.1, 0.15) is 22.6 Å². The molecule has 9 nitrogen and oxygen atoms in total. The van der Waals surface area contributed by atoms with E-state index in [1.165, 1.54) is 0 Å². The number of nitrogens with zero attached hydrogens (tertiary/aromatic N) is 3. The molecule has 1 unspecified atom stereocenters. The van der Waals surface area contributed by atoms with Gasteiger partial charge in [0.1, 0.15) is 5.75 Å². The van der Waals surface area contributed by atoms with E-state index in [-0.39, 0.29) is 12.2 Å². The maximum Gasteiger partial charge on any atom is 0.305 e. The Labute approximate surface area is 160 Å². The number of nitrogens with one attached hydrogen (secondary N) is 2. The van der Waals surface area contributed by atoms with Crippen molar-refractivity contribution in [2.24, 2.45) is 0 Å². The molecule has 1 aromatic heterocycles. The van der Waals surface area contributed by atoms with Gasteiger partial charge < -0.3 is 15.2 Å². The summed E-state index contributed by atoms with van der Waals surface area (Å²) in [5.41, 5.74) is 2.83. The van der Waals surface area contributed by atoms with Crippen molar-refractivity contribution in [2.45, 2.75) is 18.9 Å². The minimum atomic E-state index is -1.01. The van der Waals surface area contributed by atoms with Crippen molar-refractivity contribution < 1.29 is 19.4 Å². The lowest BCUT2D eigenvalue weighted by Crippen LogP contribution is -2.38. The van der Waals surface area contributed by atoms with Gasteiger partial charge in [0.15, 0.2) is 0 Å². The van der Waals surface area contributed by atoms with E-state index in [2.05, 4.69) is 25.9 Å². The molecule has 144 valence electrons. The molecule has 3 aromatic rings. The highest BCUT2D eigenvalue weighted by atomic mass is 16.5. The summed E-state index contributed by atoms with van der Waals surface area (Å²) in [4.78, 5) is 23.3. The summed E-state index contributed by atoms with van der Waals surface area (Å²) >= 11 is 0. The fourth-order valence-corrected chi connectivity index (χ4v) is 2.88. The number of aliphatic carboxylic acids is 1. The lowest BCUT2D eigenvalue weighted by atomic mass is 9.99. The number of tetrazole rings is 1. The smallest absolute Gasteiger partial charge is 0.305 e. The number of carbonyl (C=O) groups excluding carboxylic acids is 1. The zero-order valence-corrected chi connectivity index (χ0v) is 15.1. The van der Waals surface area contributed by atoms with E-state index in [4.69, 9.17) is 9.84 Å². The molecule has 3 rings (SSSR count). The van der Waals surface area contributed by atoms with Crippen molar-refractivity contribution in [2.75, 3.05) is 7.11 Å². The first kappa shape index (κ1) is 19.0. The van der Waals surface area contributed by atoms with E-state index >= 15 is 0 Å². The van der Waals surface area contributed by atoms with Crippen LogP contribution in [0.3, 0.4) is 0 Å². The highest BCUT2D eigenvalue weighted by molar-refractivity contribution is 5.90. The second-order valence-corrected chi connectivity index (χ2v) is 6.10. The van der Waals surface area contributed by atoms with Gasteiger partial charge >= 0.3 is 5.97 Å². The Morgan fingerprint density at radius 1 is 1.18 bits per heavy atom. The summed E-state index contributed by atoms with van der Waals surface area (Å²) in [5, 5.41) is 24.5. The average molecular weight is 381 g/mol. The molecule has 0 radical (unpaired) electrons. The van der Waals surface area contributed by atoms with Gasteiger partial charge in [-0.15, -0.1) is 10.2 Å². The molecule has 0 bridgehead atoms. The van der Waals surface area contributed by atoms with E-state index in [9.17, 15) is 9.59 Å². The number of H-pyrrole nitrogens is 1. The highest BCUT2D eigenvalue weighted by Crippen LogP contribution is 2.29. The first-order valence-corrected chi connectivity index (χ1v) is 8.55. The van der Waals surface area contributed by atoms with Gasteiger partial charge in [-0.1, -0.05) is 42.5 Å². The second-order valence-electron chi connectivity index (χ2n) is 6.10. The predicted molar refractivity (Wildman–Crippen MR) is 99.8 cm³/mol. The summed E-state index contributed by atoms with van der Waals surface area (Å²) in [6.45, 7) is 0. The number of hydrogen-bond acceptors (Lipinski definition) is 6. The van der Waals surface area contributed by atoms with Crippen molar-refractivity contribution >= 4 is 11.9 Å². The quantitative estimate of drug-likeness (QED) is 0.541. The molecular weight excluding hydrogens is 362 g/mol. The van der Waals surface area contributed by atoms with Crippen LogP contribution in [0.15, 0.2) is 48.5 Å². The highest BCUT2D eigenvalue weighted by Gasteiger charge is 2.20. The van der Waals surface area contributed by atoms with E-state index in [1.54, 1.807) is 7.11 Å². The Morgan fingerprint density at radius 2 is 1.93 bits per heavy atom. The van der Waals surface area contributed by atoms with Crippen LogP contribution < -0.4 is 10.1 Å². The van der Waals surface area contributed by atoms with Gasteiger partial charge in [0.2, 0.25) is 0 Å². The van der Waals surface area contributed by atoms with Gasteiger partial charge in [-0.25, -0.2) is 0 Å². The molecule has 3 N–H and O–H groups in total. The van der Waals surface area contributed by atoms with Crippen molar-refractivity contribution in [3.8, 4) is 16.9 Å². The van der Waals surface area contributed by atoms with Crippen LogP contribution in [0.25, 0.3) is 11.1 Å². The molecule has 0 spiro atoms. The zero-order chi connectivity index (χ0) is 19.9. The number of aromatic nitrogens is 4. The number of methoxy groups -OCH3 is 1. The Morgan fingerprint density at radius 3 is 2.57 bits per heavy atom. The third kappa shape index (κ3) is 4.70. The number of carbonyl (C=O) groups is 2. The van der Waals surface area contributed by atoms with Crippen LogP contribution >= 0.6 is 0 Å². The average Bonchev–Trinajstić information content (AvgIpc) is 3.23. The number of aromatic amines is 1. The molecular formula is C19H19N5O4. The van der Waals surface area contributed by atoms with Gasteiger partial charge in [-0.2, -0.15) is 5.21 Å². The van der Waals surface area contributed by atoms with E-state index in [0.29, 0.717) is 6.42 Å². The largest absolute Gasteiger partial charge is 0.496 e. The summed E-state index contributed by atoms with van der Waals surface area (Å²) in [7, 11) is 1.62. The van der Waals surface area contributed by atoms with Crippen LogP contribution in [0, 0.1) is 0 Å². The molecule has 1 atom stereocenters. The molecule has 0 fully saturated rings. The first-order chi connectivity index (χ1) is 13.6. The van der Waals surface area contributed by atoms with Gasteiger partial charge in [-0.05, 0) is 28.8 Å². The van der Waals surface area contributed by atoms with Crippen LogP contribution in [-0.2, 0) is 11.2 Å². The fraction of sp³-hybridized carbons (Fsp3) is 0.211. The fourth-order valence-electron chi connectivity index (χ4n) is 2.88. The third-order valence-electron chi connectivity index (χ3n) is 4.16. The van der Waals surface area contributed by atoms with E-state index < -0.39 is 17.9 Å². The zero-order valence-electron chi connectivity index (χ0n) is 15.1. The minimum absolute atomic E-state index is 0.137. The Bertz CT molecular complexity index is 941. The molecule has 0 aliphatic carbocycles. The van der Waals surface area contributed by atoms with Crippen LogP contribution in [0.4, 0.5) is 0 Å². The topological polar surface area (TPSA) is 130 Å². The van der Waals surface area contributed by atoms with Gasteiger partial charge in [0, 0.05) is 11.6 Å². The molecule has 0 saturated carbocycles. The van der Waals surface area contributed by atoms with Crippen LogP contribution in [0.2, 0.25) is 0 Å². The minimum Gasteiger partial charge on any atom is -0.496 e. The monoisotopic (exact) mass is 381 g/mol. The summed E-state index contributed by atoms with van der Waals surface area (Å²) in [6, 6.07) is 14.8. The number of ether oxygens (including phenoxy) is 1. The van der Waals surface area contributed by atoms with Gasteiger partial charge in [0.05, 0.1) is 13.5 Å². The lowest BCUT2D eigenvalue weighted by molar-refractivity contribution is -0.137. The normalized spacial score (nSPS) is 11.6. The number of para-hydroxylation sites is 1. The second kappa shape index (κ2) is 8.76. The molecule has 28 heavy (non-hydrogen) atoms. The lowest BCUT2D eigenvalue weighted by Gasteiger charge is -2.16. The van der Waals surface area contributed by atoms with Crippen molar-refractivity contribution in [1.82, 2.24) is 25.9 Å². The van der Waals surface area contributed by atoms with Crippen LogP contribution in [-0.4, -0.2) is 50.8 Å². The standard InChI is InChI=1S/C19H19N5O4/c1-28-16-5-3-2-4-15(16)13-8-6-12(7-9-13)10-14(11-17(25)26)20-19(27)18-21-23-24-22-18/h2-9,14H,10-11H2,1H3,(H,20,27)(H,25,26)(H,21,22,23,24).